The highest BCUT2D eigenvalue weighted by molar-refractivity contribution is 5.75. The lowest BCUT2D eigenvalue weighted by Crippen LogP contribution is -2.36. The molecule has 2 aromatic rings. The highest BCUT2D eigenvalue weighted by Gasteiger charge is 2.10. The fourth-order valence-corrected chi connectivity index (χ4v) is 1.95. The first-order valence-corrected chi connectivity index (χ1v) is 6.07. The van der Waals surface area contributed by atoms with Crippen molar-refractivity contribution in [2.75, 3.05) is 5.43 Å². The van der Waals surface area contributed by atoms with Crippen molar-refractivity contribution in [1.29, 1.82) is 0 Å². The van der Waals surface area contributed by atoms with Crippen molar-refractivity contribution in [3.8, 4) is 0 Å². The molecule has 0 aliphatic carbocycles. The van der Waals surface area contributed by atoms with Crippen molar-refractivity contribution >= 4 is 11.0 Å². The summed E-state index contributed by atoms with van der Waals surface area (Å²) in [5, 5.41) is 10.3. The Labute approximate surface area is 105 Å². The standard InChI is InChI=1S/C13H17N3O2/c1-3-5-11-8-10-6-4-7-14-12(10)16(13(11)18)15-9(2)17/h4,6-9,15,17H,3,5H2,1-2H3. The van der Waals surface area contributed by atoms with Gasteiger partial charge < -0.3 is 5.11 Å². The maximum absolute atomic E-state index is 12.3. The lowest BCUT2D eigenvalue weighted by atomic mass is 10.1. The van der Waals surface area contributed by atoms with Gasteiger partial charge in [-0.2, -0.15) is 0 Å². The van der Waals surface area contributed by atoms with E-state index in [0.717, 1.165) is 17.4 Å². The van der Waals surface area contributed by atoms with Crippen LogP contribution in [0.3, 0.4) is 0 Å². The van der Waals surface area contributed by atoms with Crippen LogP contribution in [0.5, 0.6) is 0 Å². The van der Waals surface area contributed by atoms with Gasteiger partial charge in [0.2, 0.25) is 0 Å². The third-order valence-electron chi connectivity index (χ3n) is 2.67. The number of nitrogens with one attached hydrogen (secondary N) is 1. The monoisotopic (exact) mass is 247 g/mol. The topological polar surface area (TPSA) is 67.2 Å². The Morgan fingerprint density at radius 1 is 1.56 bits per heavy atom. The lowest BCUT2D eigenvalue weighted by molar-refractivity contribution is 0.208. The number of rotatable bonds is 4. The molecule has 96 valence electrons. The summed E-state index contributed by atoms with van der Waals surface area (Å²) in [6.07, 6.45) is 2.42. The van der Waals surface area contributed by atoms with Crippen molar-refractivity contribution in [1.82, 2.24) is 9.66 Å². The second-order valence-corrected chi connectivity index (χ2v) is 4.28. The molecule has 2 N–H and O–H groups in total. The molecule has 0 bridgehead atoms. The molecule has 0 aliphatic rings. The smallest absolute Gasteiger partial charge is 0.274 e. The summed E-state index contributed by atoms with van der Waals surface area (Å²) in [5.41, 5.74) is 3.82. The van der Waals surface area contributed by atoms with Gasteiger partial charge in [0.1, 0.15) is 6.23 Å². The van der Waals surface area contributed by atoms with Crippen LogP contribution in [0.2, 0.25) is 0 Å². The van der Waals surface area contributed by atoms with Crippen molar-refractivity contribution in [2.24, 2.45) is 0 Å². The van der Waals surface area contributed by atoms with Crippen LogP contribution in [0, 0.1) is 0 Å². The molecule has 0 saturated heterocycles. The van der Waals surface area contributed by atoms with Gasteiger partial charge in [-0.05, 0) is 31.5 Å². The van der Waals surface area contributed by atoms with E-state index >= 15 is 0 Å². The Morgan fingerprint density at radius 3 is 3.00 bits per heavy atom. The van der Waals surface area contributed by atoms with Gasteiger partial charge in [0.05, 0.1) is 0 Å². The van der Waals surface area contributed by atoms with Crippen LogP contribution in [0.25, 0.3) is 11.0 Å². The van der Waals surface area contributed by atoms with Gasteiger partial charge in [0.15, 0.2) is 5.65 Å². The van der Waals surface area contributed by atoms with Crippen LogP contribution in [-0.2, 0) is 6.42 Å². The highest BCUT2D eigenvalue weighted by Crippen LogP contribution is 2.11. The van der Waals surface area contributed by atoms with Crippen molar-refractivity contribution < 1.29 is 5.11 Å². The van der Waals surface area contributed by atoms with Crippen LogP contribution >= 0.6 is 0 Å². The molecule has 0 aromatic carbocycles. The predicted molar refractivity (Wildman–Crippen MR) is 71.0 cm³/mol. The molecule has 1 atom stereocenters. The Hall–Kier alpha value is -1.88. The summed E-state index contributed by atoms with van der Waals surface area (Å²) in [4.78, 5) is 16.4. The second kappa shape index (κ2) is 5.18. The Morgan fingerprint density at radius 2 is 2.33 bits per heavy atom. The van der Waals surface area contributed by atoms with Crippen LogP contribution in [0.15, 0.2) is 29.2 Å². The van der Waals surface area contributed by atoms with E-state index in [1.165, 1.54) is 4.68 Å². The van der Waals surface area contributed by atoms with E-state index in [4.69, 9.17) is 0 Å². The molecule has 0 amide bonds. The summed E-state index contributed by atoms with van der Waals surface area (Å²) in [6.45, 7) is 3.59. The lowest BCUT2D eigenvalue weighted by Gasteiger charge is -2.15. The van der Waals surface area contributed by atoms with Crippen LogP contribution in [-0.4, -0.2) is 21.0 Å². The highest BCUT2D eigenvalue weighted by atomic mass is 16.3. The largest absolute Gasteiger partial charge is 0.373 e. The van der Waals surface area contributed by atoms with Crippen molar-refractivity contribution in [3.05, 3.63) is 40.3 Å². The molecule has 0 spiro atoms. The van der Waals surface area contributed by atoms with Crippen LogP contribution in [0.4, 0.5) is 0 Å². The first-order chi connectivity index (χ1) is 8.63. The molecular formula is C13H17N3O2. The van der Waals surface area contributed by atoms with E-state index in [-0.39, 0.29) is 5.56 Å². The minimum Gasteiger partial charge on any atom is -0.373 e. The molecule has 0 aliphatic heterocycles. The molecule has 0 fully saturated rings. The minimum atomic E-state index is -0.815. The van der Waals surface area contributed by atoms with Gasteiger partial charge in [-0.3, -0.25) is 10.2 Å². The summed E-state index contributed by atoms with van der Waals surface area (Å²) >= 11 is 0. The zero-order valence-electron chi connectivity index (χ0n) is 10.6. The number of aliphatic hydroxyl groups excluding tert-OH is 1. The van der Waals surface area contributed by atoms with Crippen molar-refractivity contribution in [3.63, 3.8) is 0 Å². The number of aromatic nitrogens is 2. The molecule has 18 heavy (non-hydrogen) atoms. The van der Waals surface area contributed by atoms with Gasteiger partial charge in [-0.25, -0.2) is 9.66 Å². The van der Waals surface area contributed by atoms with Gasteiger partial charge in [-0.15, -0.1) is 0 Å². The molecule has 2 rings (SSSR count). The molecule has 0 radical (unpaired) electrons. The number of aliphatic hydroxyl groups is 1. The maximum atomic E-state index is 12.3. The van der Waals surface area contributed by atoms with Gasteiger partial charge in [0, 0.05) is 17.1 Å². The number of hydrogen-bond donors (Lipinski definition) is 2. The number of aryl methyl sites for hydroxylation is 1. The van der Waals surface area contributed by atoms with E-state index in [9.17, 15) is 9.90 Å². The number of nitrogens with zero attached hydrogens (tertiary/aromatic N) is 2. The summed E-state index contributed by atoms with van der Waals surface area (Å²) in [7, 11) is 0. The molecule has 0 saturated carbocycles. The number of fused-ring (bicyclic) bond motifs is 1. The minimum absolute atomic E-state index is 0.149. The Kier molecular flexibility index (Phi) is 3.62. The zero-order valence-corrected chi connectivity index (χ0v) is 10.6. The predicted octanol–water partition coefficient (Wildman–Crippen LogP) is 1.23. The second-order valence-electron chi connectivity index (χ2n) is 4.28. The normalized spacial score (nSPS) is 12.6. The average Bonchev–Trinajstić information content (AvgIpc) is 2.34. The first-order valence-electron chi connectivity index (χ1n) is 6.07. The number of hydrogen-bond acceptors (Lipinski definition) is 4. The summed E-state index contributed by atoms with van der Waals surface area (Å²) in [6, 6.07) is 5.60. The average molecular weight is 247 g/mol. The van der Waals surface area contributed by atoms with Crippen molar-refractivity contribution in [2.45, 2.75) is 32.9 Å². The van der Waals surface area contributed by atoms with E-state index in [2.05, 4.69) is 10.4 Å². The molecule has 5 heteroatoms. The molecular weight excluding hydrogens is 230 g/mol. The molecule has 2 aromatic heterocycles. The van der Waals surface area contributed by atoms with Gasteiger partial charge in [-0.1, -0.05) is 13.3 Å². The summed E-state index contributed by atoms with van der Waals surface area (Å²) < 4.78 is 1.32. The third-order valence-corrected chi connectivity index (χ3v) is 2.67. The van der Waals surface area contributed by atoms with E-state index in [1.807, 2.05) is 25.1 Å². The molecule has 1 unspecified atom stereocenters. The Balaban J connectivity index is 2.69. The third kappa shape index (κ3) is 2.36. The fourth-order valence-electron chi connectivity index (χ4n) is 1.95. The van der Waals surface area contributed by atoms with Gasteiger partial charge >= 0.3 is 0 Å². The quantitative estimate of drug-likeness (QED) is 0.797. The van der Waals surface area contributed by atoms with Gasteiger partial charge in [0.25, 0.3) is 5.56 Å². The number of pyridine rings is 2. The maximum Gasteiger partial charge on any atom is 0.274 e. The summed E-state index contributed by atoms with van der Waals surface area (Å²) in [5.74, 6) is 0. The SMILES string of the molecule is CCCc1cc2cccnc2n(NC(C)O)c1=O. The Bertz CT molecular complexity index is 605. The first kappa shape index (κ1) is 12.6. The zero-order chi connectivity index (χ0) is 13.1. The van der Waals surface area contributed by atoms with Crippen LogP contribution < -0.4 is 11.0 Å². The van der Waals surface area contributed by atoms with E-state index in [1.54, 1.807) is 13.1 Å². The van der Waals surface area contributed by atoms with E-state index < -0.39 is 6.23 Å². The molecule has 5 nitrogen and oxygen atoms in total. The molecule has 2 heterocycles. The van der Waals surface area contributed by atoms with E-state index in [0.29, 0.717) is 12.1 Å². The fraction of sp³-hybridized carbons (Fsp3) is 0.385. The van der Waals surface area contributed by atoms with Crippen LogP contribution in [0.1, 0.15) is 25.8 Å².